The number of hydrogen-bond donors (Lipinski definition) is 1. The van der Waals surface area contributed by atoms with E-state index in [1.165, 1.54) is 12.8 Å². The van der Waals surface area contributed by atoms with E-state index in [0.717, 1.165) is 18.2 Å². The molecule has 14 heavy (non-hydrogen) atoms. The minimum atomic E-state index is -0.0244. The molecule has 1 N–H and O–H groups in total. The molecule has 0 saturated heterocycles. The van der Waals surface area contributed by atoms with Gasteiger partial charge in [-0.2, -0.15) is 4.98 Å². The maximum Gasteiger partial charge on any atom is 0.321 e. The van der Waals surface area contributed by atoms with Crippen LogP contribution in [0.5, 0.6) is 0 Å². The van der Waals surface area contributed by atoms with Crippen LogP contribution in [0.3, 0.4) is 0 Å². The lowest BCUT2D eigenvalue weighted by atomic mass is 10.1. The van der Waals surface area contributed by atoms with Crippen molar-refractivity contribution in [3.8, 4) is 0 Å². The molecule has 4 nitrogen and oxygen atoms in total. The fourth-order valence-corrected chi connectivity index (χ4v) is 1.29. The van der Waals surface area contributed by atoms with E-state index in [2.05, 4.69) is 36.2 Å². The Bertz CT molecular complexity index is 309. The number of nitrogens with zero attached hydrogens (tertiary/aromatic N) is 2. The van der Waals surface area contributed by atoms with Crippen molar-refractivity contribution < 1.29 is 4.52 Å². The predicted molar refractivity (Wildman–Crippen MR) is 54.1 cm³/mol. The van der Waals surface area contributed by atoms with Crippen LogP contribution in [0.4, 0.5) is 6.01 Å². The van der Waals surface area contributed by atoms with Gasteiger partial charge in [-0.15, -0.1) is 0 Å². The first-order chi connectivity index (χ1) is 6.53. The third kappa shape index (κ3) is 2.72. The zero-order chi connectivity index (χ0) is 10.2. The van der Waals surface area contributed by atoms with Crippen LogP contribution in [0.2, 0.25) is 0 Å². The maximum atomic E-state index is 5.10. The summed E-state index contributed by atoms with van der Waals surface area (Å²) < 4.78 is 5.10. The second-order valence-corrected chi connectivity index (χ2v) is 5.04. The summed E-state index contributed by atoms with van der Waals surface area (Å²) in [6, 6.07) is 0.535. The molecule has 4 heteroatoms. The molecule has 1 aliphatic carbocycles. The Morgan fingerprint density at radius 1 is 1.43 bits per heavy atom. The zero-order valence-corrected chi connectivity index (χ0v) is 9.00. The van der Waals surface area contributed by atoms with Gasteiger partial charge in [0, 0.05) is 12.0 Å². The monoisotopic (exact) mass is 195 g/mol. The van der Waals surface area contributed by atoms with E-state index in [1.807, 2.05) is 0 Å². The standard InChI is InChI=1S/C10H17N3O/c1-10(2,3)12-9-11-8(13-14-9)6-7-4-5-7/h7H,4-6H2,1-3H3,(H,11,12,13). The lowest BCUT2D eigenvalue weighted by Crippen LogP contribution is -2.26. The van der Waals surface area contributed by atoms with E-state index in [1.54, 1.807) is 0 Å². The lowest BCUT2D eigenvalue weighted by molar-refractivity contribution is 0.411. The summed E-state index contributed by atoms with van der Waals surface area (Å²) in [6.45, 7) is 6.20. The molecule has 0 aliphatic heterocycles. The van der Waals surface area contributed by atoms with Gasteiger partial charge in [0.1, 0.15) is 0 Å². The smallest absolute Gasteiger partial charge is 0.321 e. The topological polar surface area (TPSA) is 51.0 Å². The van der Waals surface area contributed by atoms with Crippen molar-refractivity contribution in [2.75, 3.05) is 5.32 Å². The summed E-state index contributed by atoms with van der Waals surface area (Å²) in [5, 5.41) is 7.09. The number of rotatable bonds is 3. The summed E-state index contributed by atoms with van der Waals surface area (Å²) >= 11 is 0. The first kappa shape index (κ1) is 9.49. The van der Waals surface area contributed by atoms with Crippen LogP contribution in [0.25, 0.3) is 0 Å². The molecule has 1 fully saturated rings. The van der Waals surface area contributed by atoms with Crippen molar-refractivity contribution in [1.29, 1.82) is 0 Å². The second-order valence-electron chi connectivity index (χ2n) is 5.04. The van der Waals surface area contributed by atoms with E-state index in [0.29, 0.717) is 6.01 Å². The lowest BCUT2D eigenvalue weighted by Gasteiger charge is -2.17. The average Bonchev–Trinajstić information content (AvgIpc) is 2.71. The molecule has 2 rings (SSSR count). The quantitative estimate of drug-likeness (QED) is 0.803. The van der Waals surface area contributed by atoms with Crippen molar-refractivity contribution in [2.24, 2.45) is 5.92 Å². The Hall–Kier alpha value is -1.06. The minimum absolute atomic E-state index is 0.0244. The highest BCUT2D eigenvalue weighted by atomic mass is 16.5. The summed E-state index contributed by atoms with van der Waals surface area (Å²) in [7, 11) is 0. The number of nitrogens with one attached hydrogen (secondary N) is 1. The molecule has 0 atom stereocenters. The van der Waals surface area contributed by atoms with E-state index < -0.39 is 0 Å². The first-order valence-corrected chi connectivity index (χ1v) is 5.14. The van der Waals surface area contributed by atoms with Gasteiger partial charge in [0.25, 0.3) is 0 Å². The Morgan fingerprint density at radius 2 is 2.14 bits per heavy atom. The normalized spacial score (nSPS) is 17.1. The van der Waals surface area contributed by atoms with Gasteiger partial charge in [0.15, 0.2) is 5.82 Å². The molecule has 78 valence electrons. The third-order valence-corrected chi connectivity index (χ3v) is 2.12. The highest BCUT2D eigenvalue weighted by molar-refractivity contribution is 5.22. The molecule has 1 aromatic rings. The molecule has 0 bridgehead atoms. The molecule has 1 aliphatic rings. The summed E-state index contributed by atoms with van der Waals surface area (Å²) in [5.74, 6) is 1.63. The van der Waals surface area contributed by atoms with Crippen molar-refractivity contribution >= 4 is 6.01 Å². The number of anilines is 1. The molecule has 1 saturated carbocycles. The minimum Gasteiger partial charge on any atom is -0.333 e. The summed E-state index contributed by atoms with van der Waals surface area (Å²) in [4.78, 5) is 4.29. The summed E-state index contributed by atoms with van der Waals surface area (Å²) in [6.07, 6.45) is 3.60. The van der Waals surface area contributed by atoms with Gasteiger partial charge >= 0.3 is 6.01 Å². The highest BCUT2D eigenvalue weighted by Gasteiger charge is 2.24. The first-order valence-electron chi connectivity index (χ1n) is 5.14. The van der Waals surface area contributed by atoms with E-state index in [-0.39, 0.29) is 5.54 Å². The SMILES string of the molecule is CC(C)(C)Nc1nc(CC2CC2)no1. The van der Waals surface area contributed by atoms with Crippen LogP contribution in [0.1, 0.15) is 39.4 Å². The van der Waals surface area contributed by atoms with E-state index in [9.17, 15) is 0 Å². The largest absolute Gasteiger partial charge is 0.333 e. The van der Waals surface area contributed by atoms with Crippen LogP contribution in [-0.4, -0.2) is 15.7 Å². The van der Waals surface area contributed by atoms with Crippen LogP contribution >= 0.6 is 0 Å². The fourth-order valence-electron chi connectivity index (χ4n) is 1.29. The van der Waals surface area contributed by atoms with Crippen LogP contribution in [-0.2, 0) is 6.42 Å². The Kier molecular flexibility index (Phi) is 2.21. The maximum absolute atomic E-state index is 5.10. The number of hydrogen-bond acceptors (Lipinski definition) is 4. The second kappa shape index (κ2) is 3.26. The molecular weight excluding hydrogens is 178 g/mol. The van der Waals surface area contributed by atoms with Gasteiger partial charge in [0.2, 0.25) is 0 Å². The molecule has 0 spiro atoms. The Morgan fingerprint density at radius 3 is 2.71 bits per heavy atom. The Balaban J connectivity index is 1.94. The highest BCUT2D eigenvalue weighted by Crippen LogP contribution is 2.31. The van der Waals surface area contributed by atoms with Gasteiger partial charge < -0.3 is 9.84 Å². The van der Waals surface area contributed by atoms with Crippen molar-refractivity contribution in [2.45, 2.75) is 45.6 Å². The van der Waals surface area contributed by atoms with Gasteiger partial charge in [0.05, 0.1) is 0 Å². The molecule has 0 aromatic carbocycles. The molecule has 1 heterocycles. The molecular formula is C10H17N3O. The van der Waals surface area contributed by atoms with Crippen LogP contribution in [0.15, 0.2) is 4.52 Å². The van der Waals surface area contributed by atoms with Gasteiger partial charge in [-0.25, -0.2) is 0 Å². The summed E-state index contributed by atoms with van der Waals surface area (Å²) in [5.41, 5.74) is -0.0244. The zero-order valence-electron chi connectivity index (χ0n) is 9.00. The van der Waals surface area contributed by atoms with Crippen molar-refractivity contribution in [3.63, 3.8) is 0 Å². The molecule has 1 aromatic heterocycles. The van der Waals surface area contributed by atoms with E-state index in [4.69, 9.17) is 4.52 Å². The molecule has 0 radical (unpaired) electrons. The average molecular weight is 195 g/mol. The van der Waals surface area contributed by atoms with Gasteiger partial charge in [-0.05, 0) is 39.5 Å². The fraction of sp³-hybridized carbons (Fsp3) is 0.800. The molecule has 0 amide bonds. The Labute approximate surface area is 84.1 Å². The van der Waals surface area contributed by atoms with Crippen molar-refractivity contribution in [3.05, 3.63) is 5.82 Å². The molecule has 0 unspecified atom stereocenters. The van der Waals surface area contributed by atoms with Crippen molar-refractivity contribution in [1.82, 2.24) is 10.1 Å². The van der Waals surface area contributed by atoms with Crippen LogP contribution in [0, 0.1) is 5.92 Å². The van der Waals surface area contributed by atoms with Gasteiger partial charge in [-0.1, -0.05) is 5.16 Å². The van der Waals surface area contributed by atoms with Crippen LogP contribution < -0.4 is 5.32 Å². The van der Waals surface area contributed by atoms with Gasteiger partial charge in [-0.3, -0.25) is 0 Å². The predicted octanol–water partition coefficient (Wildman–Crippen LogP) is 2.23. The van der Waals surface area contributed by atoms with E-state index >= 15 is 0 Å². The third-order valence-electron chi connectivity index (χ3n) is 2.12. The number of aromatic nitrogens is 2.